The predicted octanol–water partition coefficient (Wildman–Crippen LogP) is 4.05. The van der Waals surface area contributed by atoms with Crippen LogP contribution in [0.3, 0.4) is 0 Å². The van der Waals surface area contributed by atoms with E-state index in [2.05, 4.69) is 25.6 Å². The molecule has 1 atom stereocenters. The number of hydrogen-bond acceptors (Lipinski definition) is 3. The van der Waals surface area contributed by atoms with Crippen LogP contribution < -0.4 is 4.74 Å². The zero-order chi connectivity index (χ0) is 15.2. The molecule has 0 aliphatic carbocycles. The summed E-state index contributed by atoms with van der Waals surface area (Å²) in [6.45, 7) is -0.658. The van der Waals surface area contributed by atoms with Crippen molar-refractivity contribution in [2.24, 2.45) is 0 Å². The van der Waals surface area contributed by atoms with Gasteiger partial charge in [0.15, 0.2) is 0 Å². The molecule has 21 heavy (non-hydrogen) atoms. The minimum Gasteiger partial charge on any atom is -0.434 e. The molecule has 1 saturated heterocycles. The van der Waals surface area contributed by atoms with Crippen molar-refractivity contribution >= 4 is 15.9 Å². The van der Waals surface area contributed by atoms with Crippen molar-refractivity contribution in [3.05, 3.63) is 28.2 Å². The van der Waals surface area contributed by atoms with Crippen LogP contribution in [0.15, 0.2) is 22.7 Å². The summed E-state index contributed by atoms with van der Waals surface area (Å²) in [6.07, 6.45) is 3.60. The topological polar surface area (TPSA) is 21.7 Å². The van der Waals surface area contributed by atoms with Gasteiger partial charge in [-0.2, -0.15) is 8.78 Å². The summed E-state index contributed by atoms with van der Waals surface area (Å²) >= 11 is 3.36. The minimum absolute atomic E-state index is 0.226. The Morgan fingerprint density at radius 1 is 1.43 bits per heavy atom. The molecule has 1 aliphatic rings. The molecule has 1 fully saturated rings. The van der Waals surface area contributed by atoms with Crippen LogP contribution in [0.4, 0.5) is 8.78 Å². The third-order valence-corrected chi connectivity index (χ3v) is 3.96. The molecule has 6 heteroatoms. The number of hydrogen-bond donors (Lipinski definition) is 0. The smallest absolute Gasteiger partial charge is 0.387 e. The molecular formula is C15H20BrF2NO2. The third-order valence-electron chi connectivity index (χ3n) is 3.47. The first-order valence-corrected chi connectivity index (χ1v) is 7.87. The van der Waals surface area contributed by atoms with E-state index in [0.29, 0.717) is 6.54 Å². The van der Waals surface area contributed by atoms with Gasteiger partial charge in [0.1, 0.15) is 5.75 Å². The normalized spacial score (nSPS) is 19.2. The summed E-state index contributed by atoms with van der Waals surface area (Å²) in [5.74, 6) is 0.226. The van der Waals surface area contributed by atoms with Crippen molar-refractivity contribution in [2.45, 2.75) is 38.5 Å². The number of nitrogens with zero attached hydrogens (tertiary/aromatic N) is 1. The molecule has 0 radical (unpaired) electrons. The van der Waals surface area contributed by atoms with Gasteiger partial charge >= 0.3 is 6.61 Å². The fourth-order valence-electron chi connectivity index (χ4n) is 2.54. The summed E-state index contributed by atoms with van der Waals surface area (Å²) < 4.78 is 36.0. The lowest BCUT2D eigenvalue weighted by Crippen LogP contribution is -2.33. The number of likely N-dealkylation sites (N-methyl/N-ethyl adjacent to an activating group) is 1. The van der Waals surface area contributed by atoms with Crippen molar-refractivity contribution in [1.29, 1.82) is 0 Å². The van der Waals surface area contributed by atoms with E-state index in [9.17, 15) is 8.78 Å². The molecule has 0 spiro atoms. The fourth-order valence-corrected chi connectivity index (χ4v) is 2.95. The van der Waals surface area contributed by atoms with Crippen LogP contribution in [0.25, 0.3) is 0 Å². The monoisotopic (exact) mass is 363 g/mol. The number of benzene rings is 1. The Hall–Kier alpha value is -0.720. The molecule has 0 amide bonds. The molecule has 0 bridgehead atoms. The summed E-state index contributed by atoms with van der Waals surface area (Å²) in [5, 5.41) is 0. The van der Waals surface area contributed by atoms with Gasteiger partial charge in [-0.05, 0) is 44.5 Å². The van der Waals surface area contributed by atoms with E-state index in [-0.39, 0.29) is 11.9 Å². The Morgan fingerprint density at radius 3 is 2.90 bits per heavy atom. The number of halogens is 3. The zero-order valence-corrected chi connectivity index (χ0v) is 13.6. The van der Waals surface area contributed by atoms with Gasteiger partial charge in [-0.3, -0.25) is 4.90 Å². The van der Waals surface area contributed by atoms with Crippen LogP contribution >= 0.6 is 15.9 Å². The van der Waals surface area contributed by atoms with Gasteiger partial charge in [0, 0.05) is 29.7 Å². The largest absolute Gasteiger partial charge is 0.434 e. The van der Waals surface area contributed by atoms with Gasteiger partial charge in [-0.15, -0.1) is 0 Å². The molecule has 118 valence electrons. The lowest BCUT2D eigenvalue weighted by molar-refractivity contribution is -0.0510. The highest BCUT2D eigenvalue weighted by Gasteiger charge is 2.17. The number of ether oxygens (including phenoxy) is 2. The molecule has 0 N–H and O–H groups in total. The van der Waals surface area contributed by atoms with Crippen molar-refractivity contribution in [3.63, 3.8) is 0 Å². The van der Waals surface area contributed by atoms with E-state index in [1.54, 1.807) is 12.1 Å². The van der Waals surface area contributed by atoms with Crippen molar-refractivity contribution < 1.29 is 18.3 Å². The van der Waals surface area contributed by atoms with Gasteiger partial charge < -0.3 is 9.47 Å². The molecule has 3 nitrogen and oxygen atoms in total. The second-order valence-corrected chi connectivity index (χ2v) is 6.23. The van der Waals surface area contributed by atoms with Crippen LogP contribution in [-0.4, -0.2) is 37.8 Å². The lowest BCUT2D eigenvalue weighted by Gasteiger charge is -2.27. The highest BCUT2D eigenvalue weighted by atomic mass is 79.9. The summed E-state index contributed by atoms with van der Waals surface area (Å²) in [4.78, 5) is 2.08. The second kappa shape index (κ2) is 8.06. The first-order valence-electron chi connectivity index (χ1n) is 7.08. The van der Waals surface area contributed by atoms with Gasteiger partial charge in [-0.1, -0.05) is 15.9 Å². The van der Waals surface area contributed by atoms with E-state index < -0.39 is 6.61 Å². The molecule has 1 aromatic carbocycles. The summed E-state index contributed by atoms with van der Waals surface area (Å²) in [5.41, 5.74) is 0.739. The molecule has 1 aliphatic heterocycles. The Balaban J connectivity index is 1.98. The molecule has 1 aromatic rings. The Kier molecular flexibility index (Phi) is 6.39. The first-order chi connectivity index (χ1) is 10.0. The summed E-state index contributed by atoms with van der Waals surface area (Å²) in [7, 11) is 1.96. The summed E-state index contributed by atoms with van der Waals surface area (Å²) in [6, 6.07) is 5.08. The van der Waals surface area contributed by atoms with Gasteiger partial charge in [-0.25, -0.2) is 0 Å². The SMILES string of the molecule is CN(Cc1cc(Br)ccc1OC(F)F)C[C@@H]1CCCCO1. The van der Waals surface area contributed by atoms with Crippen LogP contribution in [0.1, 0.15) is 24.8 Å². The minimum atomic E-state index is -2.81. The van der Waals surface area contributed by atoms with E-state index in [4.69, 9.17) is 4.74 Å². The number of alkyl halides is 2. The average molecular weight is 364 g/mol. The van der Waals surface area contributed by atoms with Crippen LogP contribution in [0, 0.1) is 0 Å². The zero-order valence-electron chi connectivity index (χ0n) is 12.0. The highest BCUT2D eigenvalue weighted by molar-refractivity contribution is 9.10. The maximum absolute atomic E-state index is 12.4. The highest BCUT2D eigenvalue weighted by Crippen LogP contribution is 2.26. The molecule has 0 saturated carbocycles. The van der Waals surface area contributed by atoms with Crippen molar-refractivity contribution in [1.82, 2.24) is 4.90 Å². The molecule has 1 heterocycles. The third kappa shape index (κ3) is 5.52. The van der Waals surface area contributed by atoms with Crippen molar-refractivity contribution in [3.8, 4) is 5.75 Å². The first kappa shape index (κ1) is 16.6. The van der Waals surface area contributed by atoms with E-state index in [0.717, 1.165) is 36.0 Å². The standard InChI is InChI=1S/C15H20BrF2NO2/c1-19(10-13-4-2-3-7-20-13)9-11-8-12(16)5-6-14(11)21-15(17)18/h5-6,8,13,15H,2-4,7,9-10H2,1H3/t13-/m0/s1. The predicted molar refractivity (Wildman–Crippen MR) is 80.7 cm³/mol. The Bertz CT molecular complexity index is 453. The maximum atomic E-state index is 12.4. The molecule has 0 aromatic heterocycles. The second-order valence-electron chi connectivity index (χ2n) is 5.32. The molecular weight excluding hydrogens is 344 g/mol. The van der Waals surface area contributed by atoms with Crippen molar-refractivity contribution in [2.75, 3.05) is 20.2 Å². The fraction of sp³-hybridized carbons (Fsp3) is 0.600. The van der Waals surface area contributed by atoms with Gasteiger partial charge in [0.25, 0.3) is 0 Å². The maximum Gasteiger partial charge on any atom is 0.387 e. The average Bonchev–Trinajstić information content (AvgIpc) is 2.42. The number of rotatable bonds is 6. The molecule has 0 unspecified atom stereocenters. The Labute approximate surface area is 132 Å². The van der Waals surface area contributed by atoms with Crippen LogP contribution in [-0.2, 0) is 11.3 Å². The Morgan fingerprint density at radius 2 is 2.24 bits per heavy atom. The van der Waals surface area contributed by atoms with E-state index in [1.807, 2.05) is 13.1 Å². The van der Waals surface area contributed by atoms with E-state index >= 15 is 0 Å². The van der Waals surface area contributed by atoms with E-state index in [1.165, 1.54) is 6.42 Å². The lowest BCUT2D eigenvalue weighted by atomic mass is 10.1. The van der Waals surface area contributed by atoms with Crippen LogP contribution in [0.2, 0.25) is 0 Å². The van der Waals surface area contributed by atoms with Gasteiger partial charge in [0.05, 0.1) is 6.10 Å². The van der Waals surface area contributed by atoms with Crippen LogP contribution in [0.5, 0.6) is 5.75 Å². The quantitative estimate of drug-likeness (QED) is 0.760. The van der Waals surface area contributed by atoms with Gasteiger partial charge in [0.2, 0.25) is 0 Å². The molecule has 2 rings (SSSR count).